The second kappa shape index (κ2) is 9.03. The minimum absolute atomic E-state index is 0.234. The Bertz CT molecular complexity index is 981. The largest absolute Gasteiger partial charge is 0.465 e. The maximum atomic E-state index is 12.6. The number of rotatable bonds is 7. The molecular formula is C23H26N2O3S. The van der Waals surface area contributed by atoms with Gasteiger partial charge in [-0.3, -0.25) is 9.88 Å². The molecule has 0 spiro atoms. The number of carbonyl (C=O) groups is 1. The van der Waals surface area contributed by atoms with Crippen molar-refractivity contribution in [2.45, 2.75) is 39.0 Å². The van der Waals surface area contributed by atoms with E-state index in [2.05, 4.69) is 22.4 Å². The molecule has 0 saturated carbocycles. The van der Waals surface area contributed by atoms with Crippen LogP contribution in [0.1, 0.15) is 39.3 Å². The summed E-state index contributed by atoms with van der Waals surface area (Å²) in [5.41, 5.74) is 3.17. The van der Waals surface area contributed by atoms with E-state index in [1.54, 1.807) is 11.3 Å². The van der Waals surface area contributed by atoms with Gasteiger partial charge in [0.1, 0.15) is 0 Å². The monoisotopic (exact) mass is 410 g/mol. The highest BCUT2D eigenvalue weighted by molar-refractivity contribution is 7.09. The highest BCUT2D eigenvalue weighted by Gasteiger charge is 2.24. The average Bonchev–Trinajstić information content (AvgIpc) is 3.42. The highest BCUT2D eigenvalue weighted by atomic mass is 32.1. The summed E-state index contributed by atoms with van der Waals surface area (Å²) in [5.74, 6) is -0.330. The first-order valence-corrected chi connectivity index (χ1v) is 10.9. The number of carbonyl (C=O) groups excluding carboxylic acids is 1. The molecule has 4 rings (SSSR count). The molecule has 1 aliphatic rings. The number of para-hydroxylation sites is 1. The van der Waals surface area contributed by atoms with Crippen LogP contribution in [0.15, 0.2) is 41.8 Å². The zero-order valence-corrected chi connectivity index (χ0v) is 17.7. The van der Waals surface area contributed by atoms with Gasteiger partial charge in [-0.15, -0.1) is 11.3 Å². The fraction of sp³-hybridized carbons (Fsp3) is 0.391. The Labute approximate surface area is 175 Å². The van der Waals surface area contributed by atoms with E-state index in [1.165, 1.54) is 12.0 Å². The molecule has 2 aromatic heterocycles. The van der Waals surface area contributed by atoms with Crippen LogP contribution in [0, 0.1) is 6.92 Å². The van der Waals surface area contributed by atoms with Gasteiger partial charge < -0.3 is 9.47 Å². The molecule has 3 aromatic rings. The maximum absolute atomic E-state index is 12.6. The normalized spacial score (nSPS) is 16.6. The number of pyridine rings is 1. The van der Waals surface area contributed by atoms with Gasteiger partial charge in [-0.25, -0.2) is 4.79 Å². The molecule has 3 heterocycles. The number of thiophene rings is 1. The molecule has 0 aliphatic carbocycles. The van der Waals surface area contributed by atoms with Crippen LogP contribution in [0.25, 0.3) is 10.9 Å². The molecular weight excluding hydrogens is 384 g/mol. The Morgan fingerprint density at radius 3 is 2.86 bits per heavy atom. The summed E-state index contributed by atoms with van der Waals surface area (Å²) in [6.07, 6.45) is 2.42. The molecule has 5 nitrogen and oxygen atoms in total. The quantitative estimate of drug-likeness (QED) is 0.534. The first-order valence-electron chi connectivity index (χ1n) is 9.98. The van der Waals surface area contributed by atoms with E-state index in [0.29, 0.717) is 12.1 Å². The van der Waals surface area contributed by atoms with Crippen molar-refractivity contribution in [3.8, 4) is 0 Å². The van der Waals surface area contributed by atoms with E-state index < -0.39 is 0 Å². The maximum Gasteiger partial charge on any atom is 0.340 e. The van der Waals surface area contributed by atoms with Crippen LogP contribution >= 0.6 is 11.3 Å². The predicted octanol–water partition coefficient (Wildman–Crippen LogP) is 4.57. The second-order valence-corrected chi connectivity index (χ2v) is 8.48. The van der Waals surface area contributed by atoms with Gasteiger partial charge in [0.05, 0.1) is 30.0 Å². The van der Waals surface area contributed by atoms with E-state index in [-0.39, 0.29) is 12.1 Å². The van der Waals surface area contributed by atoms with Gasteiger partial charge in [0, 0.05) is 36.5 Å². The van der Waals surface area contributed by atoms with Crippen LogP contribution in [-0.2, 0) is 22.6 Å². The molecule has 1 saturated heterocycles. The van der Waals surface area contributed by atoms with Gasteiger partial charge in [0.25, 0.3) is 0 Å². The van der Waals surface area contributed by atoms with Crippen molar-refractivity contribution in [3.63, 3.8) is 0 Å². The number of ether oxygens (including phenoxy) is 2. The lowest BCUT2D eigenvalue weighted by Crippen LogP contribution is -2.32. The van der Waals surface area contributed by atoms with Gasteiger partial charge in [-0.1, -0.05) is 24.3 Å². The van der Waals surface area contributed by atoms with Crippen LogP contribution in [0.3, 0.4) is 0 Å². The lowest BCUT2D eigenvalue weighted by Gasteiger charge is -2.25. The van der Waals surface area contributed by atoms with Crippen LogP contribution in [-0.4, -0.2) is 42.2 Å². The van der Waals surface area contributed by atoms with E-state index >= 15 is 0 Å². The van der Waals surface area contributed by atoms with Gasteiger partial charge in [-0.05, 0) is 42.8 Å². The molecule has 0 radical (unpaired) electrons. The molecule has 1 fully saturated rings. The molecule has 0 N–H and O–H groups in total. The molecule has 29 heavy (non-hydrogen) atoms. The number of hydrogen-bond donors (Lipinski definition) is 0. The third-order valence-corrected chi connectivity index (χ3v) is 6.30. The number of hydrogen-bond acceptors (Lipinski definition) is 6. The second-order valence-electron chi connectivity index (χ2n) is 7.45. The van der Waals surface area contributed by atoms with E-state index in [0.717, 1.165) is 54.7 Å². The number of aryl methyl sites for hydroxylation is 1. The lowest BCUT2D eigenvalue weighted by atomic mass is 10.0. The third kappa shape index (κ3) is 4.50. The van der Waals surface area contributed by atoms with Gasteiger partial charge in [-0.2, -0.15) is 0 Å². The van der Waals surface area contributed by atoms with Crippen LogP contribution in [0.4, 0.5) is 0 Å². The SMILES string of the molecule is COC(=O)c1c(CN(Cc2cccs2)C[C@@H]2CCCO2)nc2ccccc2c1C. The summed E-state index contributed by atoms with van der Waals surface area (Å²) in [6.45, 7) is 5.02. The molecule has 1 atom stereocenters. The first kappa shape index (κ1) is 20.0. The average molecular weight is 411 g/mol. The summed E-state index contributed by atoms with van der Waals surface area (Å²) >= 11 is 1.75. The number of esters is 1. The van der Waals surface area contributed by atoms with Crippen molar-refractivity contribution in [2.75, 3.05) is 20.3 Å². The Morgan fingerprint density at radius 2 is 2.14 bits per heavy atom. The molecule has 152 valence electrons. The third-order valence-electron chi connectivity index (χ3n) is 5.44. The number of aromatic nitrogens is 1. The number of fused-ring (bicyclic) bond motifs is 1. The first-order chi connectivity index (χ1) is 14.2. The van der Waals surface area contributed by atoms with Crippen molar-refractivity contribution in [3.05, 3.63) is 63.5 Å². The smallest absolute Gasteiger partial charge is 0.340 e. The summed E-state index contributed by atoms with van der Waals surface area (Å²) in [5, 5.41) is 3.08. The fourth-order valence-electron chi connectivity index (χ4n) is 4.02. The zero-order valence-electron chi connectivity index (χ0n) is 16.9. The molecule has 1 aromatic carbocycles. The van der Waals surface area contributed by atoms with Gasteiger partial charge in [0.15, 0.2) is 0 Å². The topological polar surface area (TPSA) is 51.7 Å². The minimum atomic E-state index is -0.330. The Morgan fingerprint density at radius 1 is 1.28 bits per heavy atom. The summed E-state index contributed by atoms with van der Waals surface area (Å²) < 4.78 is 11.0. The Kier molecular flexibility index (Phi) is 6.23. The lowest BCUT2D eigenvalue weighted by molar-refractivity contribution is 0.0589. The number of methoxy groups -OCH3 is 1. The summed E-state index contributed by atoms with van der Waals surface area (Å²) in [7, 11) is 1.43. The molecule has 1 aliphatic heterocycles. The van der Waals surface area contributed by atoms with E-state index in [4.69, 9.17) is 14.5 Å². The fourth-order valence-corrected chi connectivity index (χ4v) is 4.77. The van der Waals surface area contributed by atoms with Crippen LogP contribution in [0.2, 0.25) is 0 Å². The van der Waals surface area contributed by atoms with Crippen LogP contribution < -0.4 is 0 Å². The van der Waals surface area contributed by atoms with Crippen molar-refractivity contribution < 1.29 is 14.3 Å². The Hall–Kier alpha value is -2.28. The minimum Gasteiger partial charge on any atom is -0.465 e. The van der Waals surface area contributed by atoms with Crippen LogP contribution in [0.5, 0.6) is 0 Å². The molecule has 0 amide bonds. The summed E-state index contributed by atoms with van der Waals surface area (Å²) in [4.78, 5) is 21.1. The zero-order chi connectivity index (χ0) is 20.2. The standard InChI is InChI=1S/C23H26N2O3S/c1-16-19-9-3-4-10-20(19)24-21(22(16)23(26)27-2)15-25(13-17-7-5-11-28-17)14-18-8-6-12-29-18/h3-4,6,8-10,12,17H,5,7,11,13-15H2,1-2H3/t17-/m0/s1. The van der Waals surface area contributed by atoms with Gasteiger partial charge >= 0.3 is 5.97 Å². The van der Waals surface area contributed by atoms with Crippen molar-refractivity contribution in [1.29, 1.82) is 0 Å². The number of benzene rings is 1. The van der Waals surface area contributed by atoms with Crippen molar-refractivity contribution in [2.24, 2.45) is 0 Å². The van der Waals surface area contributed by atoms with E-state index in [1.807, 2.05) is 31.2 Å². The van der Waals surface area contributed by atoms with Crippen molar-refractivity contribution in [1.82, 2.24) is 9.88 Å². The number of nitrogens with zero attached hydrogens (tertiary/aromatic N) is 2. The molecule has 6 heteroatoms. The highest BCUT2D eigenvalue weighted by Crippen LogP contribution is 2.26. The van der Waals surface area contributed by atoms with Crippen molar-refractivity contribution >= 4 is 28.2 Å². The molecule has 0 bridgehead atoms. The molecule has 0 unspecified atom stereocenters. The predicted molar refractivity (Wildman–Crippen MR) is 115 cm³/mol. The van der Waals surface area contributed by atoms with E-state index in [9.17, 15) is 4.79 Å². The Balaban J connectivity index is 1.70. The summed E-state index contributed by atoms with van der Waals surface area (Å²) in [6, 6.07) is 12.2. The van der Waals surface area contributed by atoms with Gasteiger partial charge in [0.2, 0.25) is 0 Å².